The van der Waals surface area contributed by atoms with Crippen LogP contribution in [0.3, 0.4) is 0 Å². The number of thiophene rings is 1. The molecule has 2 aromatic carbocycles. The zero-order chi connectivity index (χ0) is 22.7. The molecule has 1 amide bonds. The zero-order valence-corrected chi connectivity index (χ0v) is 19.4. The van der Waals surface area contributed by atoms with Crippen LogP contribution in [0.4, 0.5) is 0 Å². The molecule has 0 aliphatic carbocycles. The molecule has 32 heavy (non-hydrogen) atoms. The number of fused-ring (bicyclic) bond motifs is 1. The van der Waals surface area contributed by atoms with Gasteiger partial charge in [-0.3, -0.25) is 4.79 Å². The van der Waals surface area contributed by atoms with E-state index in [0.717, 1.165) is 28.3 Å². The average molecular weight is 469 g/mol. The first-order chi connectivity index (χ1) is 15.4. The van der Waals surface area contributed by atoms with Crippen LogP contribution in [0.2, 0.25) is 0 Å². The van der Waals surface area contributed by atoms with Gasteiger partial charge in [0.05, 0.1) is 22.0 Å². The second-order valence-corrected chi connectivity index (χ2v) is 10.1. The molecular formula is C23H24N4O3S2. The minimum Gasteiger partial charge on any atom is -0.342 e. The number of amides is 1. The lowest BCUT2D eigenvalue weighted by atomic mass is 10.2. The third kappa shape index (κ3) is 4.59. The molecule has 9 heteroatoms. The van der Waals surface area contributed by atoms with Crippen molar-refractivity contribution in [2.24, 2.45) is 0 Å². The van der Waals surface area contributed by atoms with Crippen molar-refractivity contribution in [3.63, 3.8) is 0 Å². The van der Waals surface area contributed by atoms with Crippen LogP contribution in [0.15, 0.2) is 70.9 Å². The Morgan fingerprint density at radius 2 is 1.84 bits per heavy atom. The topological polar surface area (TPSA) is 93.1 Å². The van der Waals surface area contributed by atoms with Crippen LogP contribution in [0, 0.1) is 0 Å². The number of nitrogens with zero attached hydrogens (tertiary/aromatic N) is 2. The number of aryl methyl sites for hydroxylation is 1. The number of hydrogen-bond acceptors (Lipinski definition) is 5. The van der Waals surface area contributed by atoms with Gasteiger partial charge in [-0.25, -0.2) is 18.1 Å². The standard InChI is InChI=1S/C23H24N4O3S2/c1-3-27-21-9-5-4-8-20(21)26-22(27)16(2)25-23(28)17-10-12-19(13-11-17)32(29,30)24-15-18-7-6-14-31-18/h4-14,16,24H,3,15H2,1-2H3,(H,25,28). The van der Waals surface area contributed by atoms with E-state index in [1.807, 2.05) is 55.6 Å². The summed E-state index contributed by atoms with van der Waals surface area (Å²) in [5.41, 5.74) is 2.29. The molecule has 0 aliphatic rings. The fourth-order valence-electron chi connectivity index (χ4n) is 3.55. The van der Waals surface area contributed by atoms with Gasteiger partial charge in [-0.05, 0) is 61.7 Å². The highest BCUT2D eigenvalue weighted by molar-refractivity contribution is 7.89. The number of rotatable bonds is 8. The molecule has 2 heterocycles. The first-order valence-corrected chi connectivity index (χ1v) is 12.6. The van der Waals surface area contributed by atoms with Crippen molar-refractivity contribution >= 4 is 38.3 Å². The molecule has 2 N–H and O–H groups in total. The van der Waals surface area contributed by atoms with Gasteiger partial charge in [-0.1, -0.05) is 18.2 Å². The number of sulfonamides is 1. The van der Waals surface area contributed by atoms with Gasteiger partial charge in [0.2, 0.25) is 10.0 Å². The summed E-state index contributed by atoms with van der Waals surface area (Å²) in [4.78, 5) is 18.5. The maximum absolute atomic E-state index is 12.8. The maximum Gasteiger partial charge on any atom is 0.251 e. The molecule has 2 aromatic heterocycles. The quantitative estimate of drug-likeness (QED) is 0.407. The van der Waals surface area contributed by atoms with Gasteiger partial charge >= 0.3 is 0 Å². The van der Waals surface area contributed by atoms with Crippen LogP contribution in [0.1, 0.15) is 40.9 Å². The molecular weight excluding hydrogens is 444 g/mol. The van der Waals surface area contributed by atoms with E-state index in [1.165, 1.54) is 35.6 Å². The number of aromatic nitrogens is 2. The summed E-state index contributed by atoms with van der Waals surface area (Å²) in [7, 11) is -3.66. The highest BCUT2D eigenvalue weighted by atomic mass is 32.2. The van der Waals surface area contributed by atoms with Crippen LogP contribution >= 0.6 is 11.3 Å². The Morgan fingerprint density at radius 3 is 2.53 bits per heavy atom. The molecule has 0 radical (unpaired) electrons. The summed E-state index contributed by atoms with van der Waals surface area (Å²) in [6.07, 6.45) is 0. The number of carbonyl (C=O) groups is 1. The number of carbonyl (C=O) groups excluding carboxylic acids is 1. The van der Waals surface area contributed by atoms with Crippen molar-refractivity contribution in [2.45, 2.75) is 37.9 Å². The highest BCUT2D eigenvalue weighted by Gasteiger charge is 2.19. The van der Waals surface area contributed by atoms with Crippen molar-refractivity contribution in [1.29, 1.82) is 0 Å². The summed E-state index contributed by atoms with van der Waals surface area (Å²) in [5.74, 6) is 0.488. The minimum absolute atomic E-state index is 0.117. The van der Waals surface area contributed by atoms with Crippen molar-refractivity contribution in [2.75, 3.05) is 0 Å². The van der Waals surface area contributed by atoms with Crippen LogP contribution in [-0.2, 0) is 23.1 Å². The first-order valence-electron chi connectivity index (χ1n) is 10.3. The zero-order valence-electron chi connectivity index (χ0n) is 17.8. The Balaban J connectivity index is 1.46. The first kappa shape index (κ1) is 22.2. The lowest BCUT2D eigenvalue weighted by Gasteiger charge is -2.15. The van der Waals surface area contributed by atoms with Crippen LogP contribution in [-0.4, -0.2) is 23.9 Å². The fraction of sp³-hybridized carbons (Fsp3) is 0.217. The molecule has 4 rings (SSSR count). The van der Waals surface area contributed by atoms with Crippen molar-refractivity contribution < 1.29 is 13.2 Å². The van der Waals surface area contributed by atoms with E-state index < -0.39 is 10.0 Å². The predicted octanol–water partition coefficient (Wildman–Crippen LogP) is 4.09. The van der Waals surface area contributed by atoms with Gasteiger partial charge in [0.15, 0.2) is 0 Å². The predicted molar refractivity (Wildman–Crippen MR) is 126 cm³/mol. The van der Waals surface area contributed by atoms with Gasteiger partial charge < -0.3 is 9.88 Å². The maximum atomic E-state index is 12.8. The molecule has 166 valence electrons. The lowest BCUT2D eigenvalue weighted by Crippen LogP contribution is -2.29. The second kappa shape index (κ2) is 9.23. The third-order valence-corrected chi connectivity index (χ3v) is 7.47. The highest BCUT2D eigenvalue weighted by Crippen LogP contribution is 2.21. The van der Waals surface area contributed by atoms with E-state index in [4.69, 9.17) is 0 Å². The van der Waals surface area contributed by atoms with Crippen molar-refractivity contribution in [3.8, 4) is 0 Å². The van der Waals surface area contributed by atoms with Gasteiger partial charge in [0.1, 0.15) is 5.82 Å². The molecule has 0 fully saturated rings. The Labute approximate surface area is 191 Å². The van der Waals surface area contributed by atoms with Crippen molar-refractivity contribution in [3.05, 3.63) is 82.3 Å². The molecule has 1 atom stereocenters. The van der Waals surface area contributed by atoms with E-state index in [0.29, 0.717) is 5.56 Å². The largest absolute Gasteiger partial charge is 0.342 e. The molecule has 0 saturated carbocycles. The Morgan fingerprint density at radius 1 is 1.09 bits per heavy atom. The summed E-state index contributed by atoms with van der Waals surface area (Å²) < 4.78 is 29.7. The van der Waals surface area contributed by atoms with Crippen LogP contribution in [0.25, 0.3) is 11.0 Å². The van der Waals surface area contributed by atoms with Gasteiger partial charge in [0, 0.05) is 23.5 Å². The molecule has 0 bridgehead atoms. The van der Waals surface area contributed by atoms with Gasteiger partial charge in [0.25, 0.3) is 5.91 Å². The third-order valence-electron chi connectivity index (χ3n) is 5.18. The van der Waals surface area contributed by atoms with E-state index in [1.54, 1.807) is 0 Å². The number of nitrogens with one attached hydrogen (secondary N) is 2. The number of para-hydroxylation sites is 2. The van der Waals surface area contributed by atoms with E-state index in [2.05, 4.69) is 19.6 Å². The normalized spacial score (nSPS) is 12.7. The Bertz CT molecular complexity index is 1330. The SMILES string of the molecule is CCn1c(C(C)NC(=O)c2ccc(S(=O)(=O)NCc3cccs3)cc2)nc2ccccc21. The molecule has 0 saturated heterocycles. The van der Waals surface area contributed by atoms with Crippen LogP contribution < -0.4 is 10.0 Å². The molecule has 1 unspecified atom stereocenters. The smallest absolute Gasteiger partial charge is 0.251 e. The number of hydrogen-bond donors (Lipinski definition) is 2. The van der Waals surface area contributed by atoms with Crippen LogP contribution in [0.5, 0.6) is 0 Å². The minimum atomic E-state index is -3.66. The summed E-state index contributed by atoms with van der Waals surface area (Å²) in [6, 6.07) is 17.2. The van der Waals surface area contributed by atoms with Gasteiger partial charge in [-0.15, -0.1) is 11.3 Å². The molecule has 4 aromatic rings. The molecule has 0 spiro atoms. The second-order valence-electron chi connectivity index (χ2n) is 7.33. The van der Waals surface area contributed by atoms with Crippen molar-refractivity contribution in [1.82, 2.24) is 19.6 Å². The summed E-state index contributed by atoms with van der Waals surface area (Å²) in [5, 5.41) is 4.86. The van der Waals surface area contributed by atoms with E-state index in [-0.39, 0.29) is 23.4 Å². The Kier molecular flexibility index (Phi) is 6.40. The van der Waals surface area contributed by atoms with E-state index >= 15 is 0 Å². The average Bonchev–Trinajstić information content (AvgIpc) is 3.45. The monoisotopic (exact) mass is 468 g/mol. The molecule has 0 aliphatic heterocycles. The number of imidazole rings is 1. The summed E-state index contributed by atoms with van der Waals surface area (Å²) in [6.45, 7) is 4.90. The number of benzene rings is 2. The lowest BCUT2D eigenvalue weighted by molar-refractivity contribution is 0.0937. The Hall–Kier alpha value is -3.01. The fourth-order valence-corrected chi connectivity index (χ4v) is 5.29. The summed E-state index contributed by atoms with van der Waals surface area (Å²) >= 11 is 1.49. The van der Waals surface area contributed by atoms with Gasteiger partial charge in [-0.2, -0.15) is 0 Å². The van der Waals surface area contributed by atoms with E-state index in [9.17, 15) is 13.2 Å². The molecule has 7 nitrogen and oxygen atoms in total.